The van der Waals surface area contributed by atoms with Gasteiger partial charge in [-0.2, -0.15) is 0 Å². The molecule has 1 aromatic carbocycles. The van der Waals surface area contributed by atoms with E-state index in [1.807, 2.05) is 30.5 Å². The lowest BCUT2D eigenvalue weighted by molar-refractivity contribution is 0.903. The van der Waals surface area contributed by atoms with Crippen LogP contribution in [0, 0.1) is 0 Å². The standard InChI is InChI=1S/C14H17ClN4S.2ClH/c15-12-5-3-11(4-6-12)8-18-14(16)20-7-1-2-13-9-17-10-19-13;;/h3-6,9-10H,1-2,7-8H2,(H2,16,18)(H,17,19);2*1H. The molecule has 0 aliphatic carbocycles. The van der Waals surface area contributed by atoms with Crippen LogP contribution in [0.3, 0.4) is 0 Å². The van der Waals surface area contributed by atoms with Gasteiger partial charge in [0.1, 0.15) is 0 Å². The van der Waals surface area contributed by atoms with Crippen molar-refractivity contribution in [3.05, 3.63) is 53.1 Å². The summed E-state index contributed by atoms with van der Waals surface area (Å²) in [6.45, 7) is 0.594. The van der Waals surface area contributed by atoms with Gasteiger partial charge in [-0.05, 0) is 30.5 Å². The number of aliphatic imine (C=N–C) groups is 1. The zero-order valence-corrected chi connectivity index (χ0v) is 15.1. The topological polar surface area (TPSA) is 67.1 Å². The van der Waals surface area contributed by atoms with Crippen molar-refractivity contribution in [3.8, 4) is 0 Å². The molecule has 3 N–H and O–H groups in total. The van der Waals surface area contributed by atoms with Crippen LogP contribution in [-0.2, 0) is 13.0 Å². The van der Waals surface area contributed by atoms with E-state index in [0.29, 0.717) is 11.7 Å². The molecule has 8 heteroatoms. The zero-order valence-electron chi connectivity index (χ0n) is 11.9. The first-order chi connectivity index (χ1) is 9.74. The highest BCUT2D eigenvalue weighted by atomic mass is 35.5. The number of aryl methyl sites for hydroxylation is 1. The second-order valence-electron chi connectivity index (χ2n) is 4.31. The molecule has 4 nitrogen and oxygen atoms in total. The number of hydrogen-bond donors (Lipinski definition) is 2. The van der Waals surface area contributed by atoms with E-state index in [4.69, 9.17) is 17.3 Å². The number of hydrogen-bond acceptors (Lipinski definition) is 3. The smallest absolute Gasteiger partial charge is 0.154 e. The lowest BCUT2D eigenvalue weighted by Crippen LogP contribution is -2.08. The fourth-order valence-electron chi connectivity index (χ4n) is 1.67. The summed E-state index contributed by atoms with van der Waals surface area (Å²) in [7, 11) is 0. The van der Waals surface area contributed by atoms with Gasteiger partial charge in [-0.1, -0.05) is 35.5 Å². The second-order valence-corrected chi connectivity index (χ2v) is 5.86. The lowest BCUT2D eigenvalue weighted by Gasteiger charge is -2.01. The Bertz CT molecular complexity index is 544. The van der Waals surface area contributed by atoms with Gasteiger partial charge in [0, 0.05) is 22.7 Å². The number of aromatic nitrogens is 2. The van der Waals surface area contributed by atoms with Gasteiger partial charge in [0.15, 0.2) is 5.17 Å². The summed E-state index contributed by atoms with van der Waals surface area (Å²) in [6, 6.07) is 7.64. The number of amidine groups is 1. The summed E-state index contributed by atoms with van der Waals surface area (Å²) in [4.78, 5) is 11.4. The summed E-state index contributed by atoms with van der Waals surface area (Å²) < 4.78 is 0. The molecule has 122 valence electrons. The number of H-pyrrole nitrogens is 1. The molecule has 2 rings (SSSR count). The number of imidazole rings is 1. The molecule has 0 aliphatic rings. The fraction of sp³-hybridized carbons (Fsp3) is 0.286. The molecule has 0 atom stereocenters. The van der Waals surface area contributed by atoms with Crippen molar-refractivity contribution in [3.63, 3.8) is 0 Å². The Morgan fingerprint density at radius 1 is 1.27 bits per heavy atom. The van der Waals surface area contributed by atoms with E-state index in [9.17, 15) is 0 Å². The Kier molecular flexibility index (Phi) is 11.2. The molecule has 0 amide bonds. The first-order valence-electron chi connectivity index (χ1n) is 6.38. The molecule has 0 saturated carbocycles. The quantitative estimate of drug-likeness (QED) is 0.450. The normalized spacial score (nSPS) is 10.7. The number of halogens is 3. The van der Waals surface area contributed by atoms with Gasteiger partial charge in [0.2, 0.25) is 0 Å². The van der Waals surface area contributed by atoms with E-state index >= 15 is 0 Å². The molecule has 0 spiro atoms. The van der Waals surface area contributed by atoms with Crippen LogP contribution in [0.15, 0.2) is 41.8 Å². The molecule has 2 aromatic rings. The second kappa shape index (κ2) is 11.7. The summed E-state index contributed by atoms with van der Waals surface area (Å²) in [5.41, 5.74) is 8.14. The van der Waals surface area contributed by atoms with Gasteiger partial charge in [-0.15, -0.1) is 24.8 Å². The summed E-state index contributed by atoms with van der Waals surface area (Å²) >= 11 is 7.42. The Morgan fingerprint density at radius 2 is 2.00 bits per heavy atom. The Hall–Kier alpha value is -0.880. The van der Waals surface area contributed by atoms with Gasteiger partial charge in [0.25, 0.3) is 0 Å². The van der Waals surface area contributed by atoms with Crippen LogP contribution in [0.25, 0.3) is 0 Å². The van der Waals surface area contributed by atoms with Gasteiger partial charge >= 0.3 is 0 Å². The van der Waals surface area contributed by atoms with Crippen molar-refractivity contribution in [2.75, 3.05) is 5.75 Å². The van der Waals surface area contributed by atoms with Gasteiger partial charge < -0.3 is 10.7 Å². The molecular weight excluding hydrogens is 363 g/mol. The van der Waals surface area contributed by atoms with Crippen molar-refractivity contribution in [2.24, 2.45) is 10.7 Å². The minimum atomic E-state index is 0. The minimum absolute atomic E-state index is 0. The highest BCUT2D eigenvalue weighted by molar-refractivity contribution is 8.13. The van der Waals surface area contributed by atoms with Crippen molar-refractivity contribution in [1.82, 2.24) is 9.97 Å². The molecule has 1 aromatic heterocycles. The highest BCUT2D eigenvalue weighted by Crippen LogP contribution is 2.11. The van der Waals surface area contributed by atoms with E-state index in [1.54, 1.807) is 18.1 Å². The van der Waals surface area contributed by atoms with Crippen molar-refractivity contribution < 1.29 is 0 Å². The molecule has 0 aliphatic heterocycles. The molecule has 22 heavy (non-hydrogen) atoms. The summed E-state index contributed by atoms with van der Waals surface area (Å²) in [5, 5.41) is 1.36. The number of benzene rings is 1. The third-order valence-corrected chi connectivity index (χ3v) is 3.90. The largest absolute Gasteiger partial charge is 0.379 e. The maximum absolute atomic E-state index is 5.88. The maximum atomic E-state index is 5.88. The zero-order chi connectivity index (χ0) is 14.2. The monoisotopic (exact) mass is 380 g/mol. The average Bonchev–Trinajstić information content (AvgIpc) is 2.96. The number of thioether (sulfide) groups is 1. The van der Waals surface area contributed by atoms with Gasteiger partial charge in [0.05, 0.1) is 12.9 Å². The van der Waals surface area contributed by atoms with Crippen LogP contribution >= 0.6 is 48.2 Å². The van der Waals surface area contributed by atoms with Crippen LogP contribution in [0.4, 0.5) is 0 Å². The van der Waals surface area contributed by atoms with Crippen molar-refractivity contribution in [2.45, 2.75) is 19.4 Å². The van der Waals surface area contributed by atoms with E-state index in [1.165, 1.54) is 0 Å². The fourth-order valence-corrected chi connectivity index (χ4v) is 2.45. The minimum Gasteiger partial charge on any atom is -0.379 e. The predicted octanol–water partition coefficient (Wildman–Crippen LogP) is 4.09. The van der Waals surface area contributed by atoms with E-state index in [2.05, 4.69) is 15.0 Å². The van der Waals surface area contributed by atoms with Crippen LogP contribution in [0.5, 0.6) is 0 Å². The van der Waals surface area contributed by atoms with Crippen LogP contribution in [0.1, 0.15) is 17.7 Å². The maximum Gasteiger partial charge on any atom is 0.154 e. The number of aromatic amines is 1. The third kappa shape index (κ3) is 7.94. The average molecular weight is 382 g/mol. The molecule has 0 saturated heterocycles. The van der Waals surface area contributed by atoms with Gasteiger partial charge in [-0.25, -0.2) is 4.98 Å². The van der Waals surface area contributed by atoms with E-state index in [0.717, 1.165) is 34.9 Å². The van der Waals surface area contributed by atoms with Crippen molar-refractivity contribution >= 4 is 53.3 Å². The number of nitrogens with two attached hydrogens (primary N) is 1. The summed E-state index contributed by atoms with van der Waals surface area (Å²) in [6.07, 6.45) is 5.58. The number of nitrogens with zero attached hydrogens (tertiary/aromatic N) is 2. The molecule has 0 fully saturated rings. The van der Waals surface area contributed by atoms with E-state index in [-0.39, 0.29) is 24.8 Å². The number of rotatable bonds is 6. The summed E-state index contributed by atoms with van der Waals surface area (Å²) in [5.74, 6) is 0.953. The van der Waals surface area contributed by atoms with E-state index < -0.39 is 0 Å². The van der Waals surface area contributed by atoms with Crippen LogP contribution in [-0.4, -0.2) is 20.9 Å². The first-order valence-corrected chi connectivity index (χ1v) is 7.75. The van der Waals surface area contributed by atoms with Crippen LogP contribution in [0.2, 0.25) is 5.02 Å². The SMILES string of the molecule is Cl.Cl.NC(=NCc1ccc(Cl)cc1)SCCCc1cnc[nH]1. The predicted molar refractivity (Wildman–Crippen MR) is 101 cm³/mol. The lowest BCUT2D eigenvalue weighted by atomic mass is 10.2. The molecule has 0 bridgehead atoms. The molecule has 0 radical (unpaired) electrons. The Balaban J connectivity index is 0.00000220. The highest BCUT2D eigenvalue weighted by Gasteiger charge is 1.98. The number of nitrogens with one attached hydrogen (secondary N) is 1. The molecule has 0 unspecified atom stereocenters. The Morgan fingerprint density at radius 3 is 2.64 bits per heavy atom. The van der Waals surface area contributed by atoms with Crippen molar-refractivity contribution in [1.29, 1.82) is 0 Å². The van der Waals surface area contributed by atoms with Gasteiger partial charge in [-0.3, -0.25) is 4.99 Å². The molecular formula is C14H19Cl3N4S. The third-order valence-electron chi connectivity index (χ3n) is 2.73. The Labute approximate surface area is 152 Å². The van der Waals surface area contributed by atoms with Crippen LogP contribution < -0.4 is 5.73 Å². The molecule has 1 heterocycles. The first kappa shape index (κ1) is 21.1.